The molecule has 320 valence electrons. The van der Waals surface area contributed by atoms with Crippen molar-refractivity contribution in [2.75, 3.05) is 38.2 Å². The average Bonchev–Trinajstić information content (AvgIpc) is 3.64. The SMILES string of the molecule is CSCC[C@H](NC(=O)[C@@H](NC(=O)[C@@H](N)C(C)C)C(C)C)C(=O)N[C@H](C(=O)NCC(=O)N1CCC[C@H]1C(=O)N[C@@H](CO)C(=O)N[C@@H](CCCCN)C(=O)O)[C@@H](C)O. The summed E-state index contributed by atoms with van der Waals surface area (Å²) in [4.78, 5) is 105. The number of thioether (sulfide) groups is 1. The fraction of sp³-hybridized carbons (Fsp3) is 0.771. The van der Waals surface area contributed by atoms with E-state index in [-0.39, 0.29) is 37.6 Å². The van der Waals surface area contributed by atoms with Crippen molar-refractivity contribution >= 4 is 59.1 Å². The van der Waals surface area contributed by atoms with E-state index < -0.39 is 109 Å². The van der Waals surface area contributed by atoms with Gasteiger partial charge in [-0.3, -0.25) is 33.6 Å². The monoisotopic (exact) mass is 817 g/mol. The second-order valence-electron chi connectivity index (χ2n) is 14.5. The maximum absolute atomic E-state index is 13.5. The van der Waals surface area contributed by atoms with Gasteiger partial charge in [-0.1, -0.05) is 27.7 Å². The number of unbranched alkanes of at least 4 members (excludes halogenated alkanes) is 1. The Labute approximate surface area is 332 Å². The number of nitrogens with two attached hydrogens (primary N) is 2. The summed E-state index contributed by atoms with van der Waals surface area (Å²) in [6.45, 7) is 7.18. The molecule has 21 heteroatoms. The summed E-state index contributed by atoms with van der Waals surface area (Å²) < 4.78 is 0. The molecule has 0 aromatic carbocycles. The topological polar surface area (TPSA) is 325 Å². The van der Waals surface area contributed by atoms with Crippen molar-refractivity contribution < 1.29 is 53.7 Å². The Bertz CT molecular complexity index is 1350. The molecule has 1 saturated heterocycles. The normalized spacial score (nSPS) is 17.8. The van der Waals surface area contributed by atoms with Gasteiger partial charge in [0.15, 0.2) is 0 Å². The highest BCUT2D eigenvalue weighted by Gasteiger charge is 2.38. The molecule has 1 aliphatic rings. The number of likely N-dealkylation sites (tertiary alicyclic amines) is 1. The zero-order valence-corrected chi connectivity index (χ0v) is 34.0. The summed E-state index contributed by atoms with van der Waals surface area (Å²) in [5.41, 5.74) is 11.4. The molecule has 0 aromatic rings. The number of nitrogens with one attached hydrogen (secondary N) is 6. The molecule has 7 amide bonds. The molecule has 56 heavy (non-hydrogen) atoms. The number of aliphatic carboxylic acids is 1. The molecule has 1 aliphatic heterocycles. The van der Waals surface area contributed by atoms with Crippen LogP contribution in [-0.2, 0) is 38.4 Å². The third kappa shape index (κ3) is 16.2. The van der Waals surface area contributed by atoms with E-state index in [1.54, 1.807) is 34.0 Å². The highest BCUT2D eigenvalue weighted by atomic mass is 32.2. The van der Waals surface area contributed by atoms with Gasteiger partial charge in [-0.25, -0.2) is 4.79 Å². The first-order valence-corrected chi connectivity index (χ1v) is 20.3. The number of hydrogen-bond acceptors (Lipinski definition) is 13. The number of rotatable bonds is 25. The minimum atomic E-state index is -1.56. The summed E-state index contributed by atoms with van der Waals surface area (Å²) in [5.74, 6) is -6.72. The van der Waals surface area contributed by atoms with E-state index in [0.29, 0.717) is 31.6 Å². The van der Waals surface area contributed by atoms with Crippen molar-refractivity contribution in [2.45, 2.75) is 122 Å². The average molecular weight is 818 g/mol. The van der Waals surface area contributed by atoms with Crippen molar-refractivity contribution in [3.05, 3.63) is 0 Å². The number of carbonyl (C=O) groups is 8. The number of carbonyl (C=O) groups excluding carboxylic acids is 7. The summed E-state index contributed by atoms with van der Waals surface area (Å²) in [7, 11) is 0. The molecule has 20 nitrogen and oxygen atoms in total. The van der Waals surface area contributed by atoms with Crippen LogP contribution in [0.15, 0.2) is 0 Å². The van der Waals surface area contributed by atoms with Gasteiger partial charge in [-0.2, -0.15) is 11.8 Å². The van der Waals surface area contributed by atoms with E-state index in [4.69, 9.17) is 11.5 Å². The van der Waals surface area contributed by atoms with Gasteiger partial charge in [0.05, 0.1) is 25.3 Å². The third-order valence-electron chi connectivity index (χ3n) is 9.24. The van der Waals surface area contributed by atoms with Crippen LogP contribution in [0.2, 0.25) is 0 Å². The summed E-state index contributed by atoms with van der Waals surface area (Å²) >= 11 is 1.40. The largest absolute Gasteiger partial charge is 0.480 e. The Hall–Kier alpha value is -4.05. The van der Waals surface area contributed by atoms with Gasteiger partial charge < -0.3 is 63.6 Å². The van der Waals surface area contributed by atoms with Crippen LogP contribution in [0.1, 0.15) is 73.1 Å². The van der Waals surface area contributed by atoms with Crippen LogP contribution in [0.4, 0.5) is 0 Å². The van der Waals surface area contributed by atoms with Gasteiger partial charge in [0.1, 0.15) is 36.3 Å². The molecular weight excluding hydrogens is 755 g/mol. The van der Waals surface area contributed by atoms with Crippen molar-refractivity contribution in [3.63, 3.8) is 0 Å². The summed E-state index contributed by atoms with van der Waals surface area (Å²) in [6, 6.07) is -8.46. The summed E-state index contributed by atoms with van der Waals surface area (Å²) in [6.07, 6.45) is 2.14. The molecular formula is C35H63N9O11S. The van der Waals surface area contributed by atoms with Crippen LogP contribution in [0, 0.1) is 11.8 Å². The van der Waals surface area contributed by atoms with Gasteiger partial charge in [-0.15, -0.1) is 0 Å². The van der Waals surface area contributed by atoms with Crippen LogP contribution in [-0.4, -0.2) is 154 Å². The maximum Gasteiger partial charge on any atom is 0.326 e. The van der Waals surface area contributed by atoms with E-state index in [1.807, 2.05) is 0 Å². The number of aliphatic hydroxyl groups excluding tert-OH is 2. The number of carboxylic acid groups (broad SMARTS) is 1. The lowest BCUT2D eigenvalue weighted by Gasteiger charge is -2.28. The van der Waals surface area contributed by atoms with Crippen molar-refractivity contribution in [1.82, 2.24) is 36.8 Å². The predicted octanol–water partition coefficient (Wildman–Crippen LogP) is -3.50. The molecule has 0 aliphatic carbocycles. The first kappa shape index (κ1) is 50.0. The van der Waals surface area contributed by atoms with Gasteiger partial charge >= 0.3 is 5.97 Å². The van der Waals surface area contributed by atoms with Crippen LogP contribution in [0.25, 0.3) is 0 Å². The number of amides is 7. The van der Waals surface area contributed by atoms with E-state index >= 15 is 0 Å². The van der Waals surface area contributed by atoms with Crippen molar-refractivity contribution in [3.8, 4) is 0 Å². The second-order valence-corrected chi connectivity index (χ2v) is 15.4. The first-order chi connectivity index (χ1) is 26.3. The minimum absolute atomic E-state index is 0.0873. The van der Waals surface area contributed by atoms with E-state index in [1.165, 1.54) is 23.6 Å². The molecule has 0 bridgehead atoms. The van der Waals surface area contributed by atoms with E-state index in [2.05, 4.69) is 31.9 Å². The lowest BCUT2D eigenvalue weighted by molar-refractivity contribution is -0.143. The molecule has 13 N–H and O–H groups in total. The van der Waals surface area contributed by atoms with Gasteiger partial charge in [-0.05, 0) is 75.8 Å². The molecule has 0 saturated carbocycles. The zero-order valence-electron chi connectivity index (χ0n) is 33.2. The molecule has 1 rings (SSSR count). The third-order valence-corrected chi connectivity index (χ3v) is 9.88. The molecule has 0 spiro atoms. The number of aliphatic hydroxyl groups is 2. The highest BCUT2D eigenvalue weighted by Crippen LogP contribution is 2.18. The van der Waals surface area contributed by atoms with E-state index in [0.717, 1.165) is 0 Å². The molecule has 0 aromatic heterocycles. The molecule has 1 fully saturated rings. The quantitative estimate of drug-likeness (QED) is 0.0399. The summed E-state index contributed by atoms with van der Waals surface area (Å²) in [5, 5.41) is 44.5. The molecule has 8 atom stereocenters. The standard InChI is InChI=1S/C35H63N9O11S/c1-18(2)26(37)32(51)42-27(19(3)4)34(53)39-21(12-15-56-6)29(48)43-28(20(5)46)33(52)38-16-25(47)44-14-9-11-24(44)31(50)41-23(17-45)30(49)40-22(35(54)55)10-7-8-13-36/h18-24,26-28,45-46H,7-17,36-37H2,1-6H3,(H,38,52)(H,39,53)(H,40,49)(H,41,50)(H,42,51)(H,43,48)(H,54,55)/t20-,21+,22+,23+,24+,26+,27+,28+/m1/s1. The number of nitrogens with zero attached hydrogens (tertiary/aromatic N) is 1. The zero-order chi connectivity index (χ0) is 42.7. The predicted molar refractivity (Wildman–Crippen MR) is 207 cm³/mol. The number of carboxylic acids is 1. The Balaban J connectivity index is 2.96. The lowest BCUT2D eigenvalue weighted by Crippen LogP contribution is -2.61. The second kappa shape index (κ2) is 25.3. The van der Waals surface area contributed by atoms with Gasteiger partial charge in [0.2, 0.25) is 41.4 Å². The Morgan fingerprint density at radius 2 is 1.38 bits per heavy atom. The van der Waals surface area contributed by atoms with Crippen LogP contribution >= 0.6 is 11.8 Å². The minimum Gasteiger partial charge on any atom is -0.480 e. The molecule has 1 heterocycles. The van der Waals surface area contributed by atoms with Gasteiger partial charge in [0.25, 0.3) is 0 Å². The van der Waals surface area contributed by atoms with Crippen LogP contribution in [0.3, 0.4) is 0 Å². The van der Waals surface area contributed by atoms with Crippen LogP contribution < -0.4 is 43.4 Å². The fourth-order valence-corrected chi connectivity index (χ4v) is 6.18. The molecule has 0 unspecified atom stereocenters. The van der Waals surface area contributed by atoms with Crippen LogP contribution in [0.5, 0.6) is 0 Å². The Morgan fingerprint density at radius 3 is 1.91 bits per heavy atom. The highest BCUT2D eigenvalue weighted by molar-refractivity contribution is 7.98. The molecule has 0 radical (unpaired) electrons. The lowest BCUT2D eigenvalue weighted by atomic mass is 10.00. The van der Waals surface area contributed by atoms with E-state index in [9.17, 15) is 53.7 Å². The van der Waals surface area contributed by atoms with Gasteiger partial charge in [0, 0.05) is 6.54 Å². The smallest absolute Gasteiger partial charge is 0.326 e. The fourth-order valence-electron chi connectivity index (χ4n) is 5.71. The Morgan fingerprint density at radius 1 is 0.768 bits per heavy atom. The first-order valence-electron chi connectivity index (χ1n) is 18.9. The van der Waals surface area contributed by atoms with Crippen molar-refractivity contribution in [2.24, 2.45) is 23.3 Å². The van der Waals surface area contributed by atoms with Crippen molar-refractivity contribution in [1.29, 1.82) is 0 Å². The number of hydrogen-bond donors (Lipinski definition) is 11. The maximum atomic E-state index is 13.5. The Kier molecular flexibility index (Phi) is 22.5.